The molecule has 0 N–H and O–H groups in total. The summed E-state index contributed by atoms with van der Waals surface area (Å²) in [6, 6.07) is 8.55. The maximum absolute atomic E-state index is 14.7. The average molecular weight is 497 g/mol. The van der Waals surface area contributed by atoms with Crippen molar-refractivity contribution < 1.29 is 31.4 Å². The van der Waals surface area contributed by atoms with E-state index in [9.17, 15) is 22.0 Å². The zero-order valence-electron chi connectivity index (χ0n) is 20.0. The molecule has 0 aliphatic heterocycles. The fourth-order valence-corrected chi connectivity index (χ4v) is 5.88. The van der Waals surface area contributed by atoms with Gasteiger partial charge in [-0.15, -0.1) is 0 Å². The van der Waals surface area contributed by atoms with Crippen LogP contribution < -0.4 is 9.47 Å². The van der Waals surface area contributed by atoms with Crippen LogP contribution in [0.5, 0.6) is 11.5 Å². The van der Waals surface area contributed by atoms with Gasteiger partial charge in [-0.2, -0.15) is 17.6 Å². The van der Waals surface area contributed by atoms with Crippen molar-refractivity contribution in [1.29, 1.82) is 0 Å². The first-order chi connectivity index (χ1) is 16.7. The minimum absolute atomic E-state index is 0.351. The maximum atomic E-state index is 14.7. The number of alkyl halides is 4. The van der Waals surface area contributed by atoms with Gasteiger partial charge in [0, 0.05) is 6.07 Å². The number of benzene rings is 2. The van der Waals surface area contributed by atoms with Gasteiger partial charge in [-0.05, 0) is 92.0 Å². The van der Waals surface area contributed by atoms with Crippen LogP contribution in [0, 0.1) is 23.6 Å². The quantitative estimate of drug-likeness (QED) is 0.340. The van der Waals surface area contributed by atoms with Crippen molar-refractivity contribution in [3.05, 3.63) is 59.4 Å². The van der Waals surface area contributed by atoms with Gasteiger partial charge in [0.15, 0.2) is 11.6 Å². The molecule has 192 valence electrons. The molecule has 35 heavy (non-hydrogen) atoms. The second-order valence-corrected chi connectivity index (χ2v) is 10.0. The summed E-state index contributed by atoms with van der Waals surface area (Å²) in [5.41, 5.74) is 0.702. The number of ether oxygens (including phenoxy) is 2. The monoisotopic (exact) mass is 496 g/mol. The molecule has 0 amide bonds. The van der Waals surface area contributed by atoms with E-state index in [4.69, 9.17) is 4.74 Å². The predicted octanol–water partition coefficient (Wildman–Crippen LogP) is 9.05. The molecule has 2 aromatic carbocycles. The van der Waals surface area contributed by atoms with Gasteiger partial charge in [-0.25, -0.2) is 4.39 Å². The minimum Gasteiger partial charge on any atom is -0.432 e. The summed E-state index contributed by atoms with van der Waals surface area (Å²) >= 11 is 0. The molecule has 2 fully saturated rings. The molecule has 0 spiro atoms. The van der Waals surface area contributed by atoms with E-state index in [-0.39, 0.29) is 5.56 Å². The molecular weight excluding hydrogens is 463 g/mol. The van der Waals surface area contributed by atoms with Gasteiger partial charge in [0.25, 0.3) is 0 Å². The van der Waals surface area contributed by atoms with Gasteiger partial charge in [-0.3, -0.25) is 0 Å². The zero-order valence-corrected chi connectivity index (χ0v) is 20.0. The molecule has 0 radical (unpaired) electrons. The molecule has 2 aliphatic carbocycles. The maximum Gasteiger partial charge on any atom is 0.426 e. The first-order valence-corrected chi connectivity index (χ1v) is 12.7. The molecule has 0 unspecified atom stereocenters. The Morgan fingerprint density at radius 3 is 2.00 bits per heavy atom. The lowest BCUT2D eigenvalue weighted by molar-refractivity contribution is -0.185. The third-order valence-corrected chi connectivity index (χ3v) is 7.99. The van der Waals surface area contributed by atoms with Crippen LogP contribution in [-0.4, -0.2) is 6.61 Å². The van der Waals surface area contributed by atoms with Crippen molar-refractivity contribution in [3.63, 3.8) is 0 Å². The molecule has 2 nitrogen and oxygen atoms in total. The fraction of sp³-hybridized carbons (Fsp3) is 0.571. The van der Waals surface area contributed by atoms with Gasteiger partial charge < -0.3 is 9.47 Å². The van der Waals surface area contributed by atoms with E-state index in [0.29, 0.717) is 12.0 Å². The first kappa shape index (κ1) is 25.8. The van der Waals surface area contributed by atoms with Crippen LogP contribution in [0.15, 0.2) is 42.5 Å². The van der Waals surface area contributed by atoms with Crippen LogP contribution in [0.2, 0.25) is 0 Å². The van der Waals surface area contributed by atoms with Crippen LogP contribution in [0.4, 0.5) is 22.0 Å². The molecular formula is C28H33F5O2. The Bertz CT molecular complexity index is 946. The van der Waals surface area contributed by atoms with Crippen molar-refractivity contribution in [2.45, 2.75) is 83.3 Å². The smallest absolute Gasteiger partial charge is 0.426 e. The van der Waals surface area contributed by atoms with Crippen LogP contribution >= 0.6 is 0 Å². The summed E-state index contributed by atoms with van der Waals surface area (Å²) in [5, 5.41) is 0. The summed E-state index contributed by atoms with van der Waals surface area (Å²) in [6.45, 7) is -0.929. The van der Waals surface area contributed by atoms with Crippen molar-refractivity contribution in [2.24, 2.45) is 17.8 Å². The van der Waals surface area contributed by atoms with Gasteiger partial charge in [0.2, 0.25) is 0 Å². The Morgan fingerprint density at radius 1 is 0.857 bits per heavy atom. The molecule has 4 rings (SSSR count). The van der Waals surface area contributed by atoms with Crippen molar-refractivity contribution >= 4 is 0 Å². The molecule has 0 bridgehead atoms. The Kier molecular flexibility index (Phi) is 8.23. The lowest BCUT2D eigenvalue weighted by Crippen LogP contribution is -2.25. The minimum atomic E-state index is -3.70. The van der Waals surface area contributed by atoms with Crippen LogP contribution in [0.25, 0.3) is 0 Å². The van der Waals surface area contributed by atoms with E-state index in [1.165, 1.54) is 57.1 Å². The number of rotatable bonds is 8. The Hall–Kier alpha value is -2.31. The average Bonchev–Trinajstić information content (AvgIpc) is 2.85. The van der Waals surface area contributed by atoms with E-state index < -0.39 is 30.0 Å². The third kappa shape index (κ3) is 6.47. The second kappa shape index (κ2) is 11.2. The Morgan fingerprint density at radius 2 is 1.46 bits per heavy atom. The highest BCUT2D eigenvalue weighted by Gasteiger charge is 2.36. The summed E-state index contributed by atoms with van der Waals surface area (Å²) in [7, 11) is 0. The zero-order chi connectivity index (χ0) is 25.0. The molecule has 0 aromatic heterocycles. The lowest BCUT2D eigenvalue weighted by atomic mass is 9.68. The molecule has 2 aliphatic rings. The predicted molar refractivity (Wildman–Crippen MR) is 124 cm³/mol. The van der Waals surface area contributed by atoms with Gasteiger partial charge >= 0.3 is 12.7 Å². The molecule has 2 aromatic rings. The Labute approximate surface area is 203 Å². The highest BCUT2D eigenvalue weighted by atomic mass is 19.3. The summed E-state index contributed by atoms with van der Waals surface area (Å²) in [4.78, 5) is 0. The molecule has 7 heteroatoms. The lowest BCUT2D eigenvalue weighted by Gasteiger charge is -2.38. The highest BCUT2D eigenvalue weighted by molar-refractivity contribution is 5.34. The summed E-state index contributed by atoms with van der Waals surface area (Å²) in [5.74, 6) is 0.493. The number of hydrogen-bond donors (Lipinski definition) is 0. The normalized spacial score (nSPS) is 25.5. The van der Waals surface area contributed by atoms with E-state index in [2.05, 4.69) is 11.7 Å². The molecule has 2 saturated carbocycles. The van der Waals surface area contributed by atoms with Crippen molar-refractivity contribution in [3.8, 4) is 11.5 Å². The fourth-order valence-electron chi connectivity index (χ4n) is 5.88. The summed E-state index contributed by atoms with van der Waals surface area (Å²) in [6.07, 6.45) is 7.57. The van der Waals surface area contributed by atoms with E-state index in [1.54, 1.807) is 12.1 Å². The first-order valence-electron chi connectivity index (χ1n) is 12.7. The van der Waals surface area contributed by atoms with Crippen molar-refractivity contribution in [1.82, 2.24) is 0 Å². The third-order valence-electron chi connectivity index (χ3n) is 7.99. The standard InChI is InChI=1S/C28H33F5O2/c1-2-18-3-5-19(6-4-18)20-7-9-21(10-8-20)22-11-13-23(14-12-22)28(32,33)35-24-15-16-26(25(29)17-24)34-27(30)31/h11-21,27H,2-10H2,1H3/t18-,19-,20?,21?. The Balaban J connectivity index is 1.32. The topological polar surface area (TPSA) is 18.5 Å². The van der Waals surface area contributed by atoms with E-state index in [1.807, 2.05) is 0 Å². The largest absolute Gasteiger partial charge is 0.432 e. The van der Waals surface area contributed by atoms with Crippen LogP contribution in [-0.2, 0) is 6.11 Å². The van der Waals surface area contributed by atoms with E-state index in [0.717, 1.165) is 48.3 Å². The second-order valence-electron chi connectivity index (χ2n) is 10.0. The highest BCUT2D eigenvalue weighted by Crippen LogP contribution is 2.44. The van der Waals surface area contributed by atoms with Gasteiger partial charge in [0.05, 0.1) is 5.56 Å². The summed E-state index contributed by atoms with van der Waals surface area (Å²) < 4.78 is 76.4. The van der Waals surface area contributed by atoms with Crippen LogP contribution in [0.1, 0.15) is 81.8 Å². The molecule has 0 saturated heterocycles. The van der Waals surface area contributed by atoms with Gasteiger partial charge in [-0.1, -0.05) is 38.3 Å². The molecule has 0 atom stereocenters. The SMILES string of the molecule is CC[C@H]1CC[C@H](C2CCC(c3ccc(C(F)(F)Oc4ccc(OC(F)F)c(F)c4)cc3)CC2)CC1. The number of halogens is 5. The van der Waals surface area contributed by atoms with Crippen LogP contribution in [0.3, 0.4) is 0 Å². The van der Waals surface area contributed by atoms with Gasteiger partial charge in [0.1, 0.15) is 5.75 Å². The van der Waals surface area contributed by atoms with E-state index >= 15 is 0 Å². The van der Waals surface area contributed by atoms with Crippen molar-refractivity contribution in [2.75, 3.05) is 0 Å². The molecule has 0 heterocycles. The number of hydrogen-bond acceptors (Lipinski definition) is 2.